The first kappa shape index (κ1) is 14.6. The summed E-state index contributed by atoms with van der Waals surface area (Å²) in [7, 11) is 0. The van der Waals surface area contributed by atoms with Gasteiger partial charge < -0.3 is 15.6 Å². The third-order valence-corrected chi connectivity index (χ3v) is 3.34. The molecule has 2 aromatic rings. The van der Waals surface area contributed by atoms with Crippen molar-refractivity contribution >= 4 is 39.2 Å². The maximum Gasteiger partial charge on any atom is 0.339 e. The summed E-state index contributed by atoms with van der Waals surface area (Å²) in [6.07, 6.45) is 0. The molecule has 0 aliphatic carbocycles. The lowest BCUT2D eigenvalue weighted by Crippen LogP contribution is -2.02. The highest BCUT2D eigenvalue weighted by Crippen LogP contribution is 2.38. The van der Waals surface area contributed by atoms with E-state index in [2.05, 4.69) is 15.9 Å². The van der Waals surface area contributed by atoms with Gasteiger partial charge in [0.25, 0.3) is 0 Å². The second-order valence-electron chi connectivity index (χ2n) is 3.86. The Labute approximate surface area is 127 Å². The van der Waals surface area contributed by atoms with Crippen LogP contribution in [0.25, 0.3) is 0 Å². The Bertz CT molecular complexity index is 694. The van der Waals surface area contributed by atoms with Crippen LogP contribution < -0.4 is 10.5 Å². The molecule has 104 valence electrons. The molecule has 0 saturated carbocycles. The minimum Gasteiger partial charge on any atom is -0.478 e. The lowest BCUT2D eigenvalue weighted by Gasteiger charge is -2.12. The standard InChI is InChI=1S/C13H8BrClFNO3/c14-9-2-1-6(16)3-11(9)20-12-8(13(18)19)4-7(17)5-10(12)15/h1-5H,17H2,(H,18,19). The number of hydrogen-bond donors (Lipinski definition) is 2. The van der Waals surface area contributed by atoms with Crippen LogP contribution in [-0.4, -0.2) is 11.1 Å². The molecule has 3 N–H and O–H groups in total. The molecule has 0 saturated heterocycles. The molecule has 0 aliphatic heterocycles. The average molecular weight is 361 g/mol. The van der Waals surface area contributed by atoms with E-state index in [1.807, 2.05) is 0 Å². The van der Waals surface area contributed by atoms with Gasteiger partial charge in [0.05, 0.1) is 9.50 Å². The van der Waals surface area contributed by atoms with Gasteiger partial charge in [-0.25, -0.2) is 9.18 Å². The summed E-state index contributed by atoms with van der Waals surface area (Å²) in [5.41, 5.74) is 5.53. The van der Waals surface area contributed by atoms with Crippen molar-refractivity contribution in [3.8, 4) is 11.5 Å². The Morgan fingerprint density at radius 2 is 2.05 bits per heavy atom. The Balaban J connectivity index is 2.53. The molecule has 0 unspecified atom stereocenters. The summed E-state index contributed by atoms with van der Waals surface area (Å²) >= 11 is 9.13. The molecular weight excluding hydrogens is 353 g/mol. The van der Waals surface area contributed by atoms with Crippen LogP contribution in [0, 0.1) is 5.82 Å². The van der Waals surface area contributed by atoms with Crippen LogP contribution in [0.2, 0.25) is 5.02 Å². The lowest BCUT2D eigenvalue weighted by atomic mass is 10.2. The minimum absolute atomic E-state index is 0.0264. The first-order chi connectivity index (χ1) is 9.38. The number of nitrogens with two attached hydrogens (primary N) is 1. The van der Waals surface area contributed by atoms with E-state index >= 15 is 0 Å². The number of anilines is 1. The molecule has 0 spiro atoms. The summed E-state index contributed by atoms with van der Waals surface area (Å²) in [5.74, 6) is -1.76. The van der Waals surface area contributed by atoms with E-state index < -0.39 is 11.8 Å². The van der Waals surface area contributed by atoms with Crippen LogP contribution in [0.15, 0.2) is 34.8 Å². The summed E-state index contributed by atoms with van der Waals surface area (Å²) in [4.78, 5) is 11.2. The zero-order valence-corrected chi connectivity index (χ0v) is 12.2. The van der Waals surface area contributed by atoms with E-state index in [0.29, 0.717) is 4.47 Å². The first-order valence-electron chi connectivity index (χ1n) is 5.33. The Morgan fingerprint density at radius 3 is 2.70 bits per heavy atom. The minimum atomic E-state index is -1.25. The quantitative estimate of drug-likeness (QED) is 0.800. The van der Waals surface area contributed by atoms with Crippen molar-refractivity contribution in [1.82, 2.24) is 0 Å². The van der Waals surface area contributed by atoms with Gasteiger partial charge in [-0.15, -0.1) is 0 Å². The van der Waals surface area contributed by atoms with E-state index in [4.69, 9.17) is 27.2 Å². The fraction of sp³-hybridized carbons (Fsp3) is 0. The summed E-state index contributed by atoms with van der Waals surface area (Å²) in [5, 5.41) is 9.16. The van der Waals surface area contributed by atoms with Crippen LogP contribution in [0.4, 0.5) is 10.1 Å². The molecule has 2 aromatic carbocycles. The molecule has 0 heterocycles. The zero-order chi connectivity index (χ0) is 14.9. The summed E-state index contributed by atoms with van der Waals surface area (Å²) in [6, 6.07) is 6.37. The number of carboxylic acids is 1. The van der Waals surface area contributed by atoms with Crippen molar-refractivity contribution in [1.29, 1.82) is 0 Å². The number of nitrogen functional groups attached to an aromatic ring is 1. The predicted molar refractivity (Wildman–Crippen MR) is 77.0 cm³/mol. The van der Waals surface area contributed by atoms with E-state index in [1.165, 1.54) is 24.3 Å². The maximum absolute atomic E-state index is 13.2. The fourth-order valence-corrected chi connectivity index (χ4v) is 2.14. The van der Waals surface area contributed by atoms with Crippen LogP contribution in [-0.2, 0) is 0 Å². The third kappa shape index (κ3) is 3.02. The molecule has 0 atom stereocenters. The number of halogens is 3. The van der Waals surface area contributed by atoms with Crippen molar-refractivity contribution in [2.45, 2.75) is 0 Å². The van der Waals surface area contributed by atoms with Gasteiger partial charge in [0, 0.05) is 11.8 Å². The van der Waals surface area contributed by atoms with Crippen molar-refractivity contribution < 1.29 is 19.0 Å². The van der Waals surface area contributed by atoms with E-state index in [0.717, 1.165) is 6.07 Å². The molecule has 4 nitrogen and oxygen atoms in total. The van der Waals surface area contributed by atoms with E-state index in [-0.39, 0.29) is 27.8 Å². The van der Waals surface area contributed by atoms with Crippen LogP contribution in [0.3, 0.4) is 0 Å². The summed E-state index contributed by atoms with van der Waals surface area (Å²) in [6.45, 7) is 0. The van der Waals surface area contributed by atoms with Gasteiger partial charge in [-0.3, -0.25) is 0 Å². The average Bonchev–Trinajstić information content (AvgIpc) is 2.36. The van der Waals surface area contributed by atoms with Crippen molar-refractivity contribution in [2.75, 3.05) is 5.73 Å². The van der Waals surface area contributed by atoms with E-state index in [9.17, 15) is 9.18 Å². The monoisotopic (exact) mass is 359 g/mol. The lowest BCUT2D eigenvalue weighted by molar-refractivity contribution is 0.0694. The second-order valence-corrected chi connectivity index (χ2v) is 5.12. The number of ether oxygens (including phenoxy) is 1. The van der Waals surface area contributed by atoms with Crippen molar-refractivity contribution in [2.24, 2.45) is 0 Å². The highest BCUT2D eigenvalue weighted by Gasteiger charge is 2.18. The van der Waals surface area contributed by atoms with Gasteiger partial charge in [-0.05, 0) is 40.2 Å². The maximum atomic E-state index is 13.2. The Hall–Kier alpha value is -1.79. The Morgan fingerprint density at radius 1 is 1.35 bits per heavy atom. The van der Waals surface area contributed by atoms with Crippen molar-refractivity contribution in [3.05, 3.63) is 51.2 Å². The smallest absolute Gasteiger partial charge is 0.339 e. The van der Waals surface area contributed by atoms with Crippen LogP contribution >= 0.6 is 27.5 Å². The fourth-order valence-electron chi connectivity index (χ4n) is 1.54. The molecule has 20 heavy (non-hydrogen) atoms. The molecule has 0 amide bonds. The van der Waals surface area contributed by atoms with Crippen LogP contribution in [0.5, 0.6) is 11.5 Å². The SMILES string of the molecule is Nc1cc(Cl)c(Oc2cc(F)ccc2Br)c(C(=O)O)c1. The van der Waals surface area contributed by atoms with Crippen molar-refractivity contribution in [3.63, 3.8) is 0 Å². The van der Waals surface area contributed by atoms with Gasteiger partial charge in [-0.1, -0.05) is 11.6 Å². The number of carbonyl (C=O) groups is 1. The molecule has 0 fully saturated rings. The van der Waals surface area contributed by atoms with Gasteiger partial charge in [0.1, 0.15) is 17.1 Å². The number of carboxylic acid groups (broad SMARTS) is 1. The largest absolute Gasteiger partial charge is 0.478 e. The van der Waals surface area contributed by atoms with Crippen LogP contribution in [0.1, 0.15) is 10.4 Å². The molecular formula is C13H8BrClFNO3. The predicted octanol–water partition coefficient (Wildman–Crippen LogP) is 4.31. The van der Waals surface area contributed by atoms with Gasteiger partial charge in [0.2, 0.25) is 0 Å². The molecule has 0 aromatic heterocycles. The number of rotatable bonds is 3. The van der Waals surface area contributed by atoms with Gasteiger partial charge >= 0.3 is 5.97 Å². The second kappa shape index (κ2) is 5.68. The van der Waals surface area contributed by atoms with Gasteiger partial charge in [0.15, 0.2) is 5.75 Å². The number of benzene rings is 2. The van der Waals surface area contributed by atoms with E-state index in [1.54, 1.807) is 0 Å². The number of aromatic carboxylic acids is 1. The molecule has 0 aliphatic rings. The third-order valence-electron chi connectivity index (χ3n) is 2.40. The topological polar surface area (TPSA) is 72.5 Å². The zero-order valence-electron chi connectivity index (χ0n) is 9.86. The molecule has 0 bridgehead atoms. The normalized spacial score (nSPS) is 10.3. The van der Waals surface area contributed by atoms with Gasteiger partial charge in [-0.2, -0.15) is 0 Å². The highest BCUT2D eigenvalue weighted by atomic mass is 79.9. The Kier molecular flexibility index (Phi) is 4.15. The number of hydrogen-bond acceptors (Lipinski definition) is 3. The molecule has 7 heteroatoms. The highest BCUT2D eigenvalue weighted by molar-refractivity contribution is 9.10. The molecule has 0 radical (unpaired) electrons. The first-order valence-corrected chi connectivity index (χ1v) is 6.51. The summed E-state index contributed by atoms with van der Waals surface area (Å²) < 4.78 is 19.1. The molecule has 2 rings (SSSR count).